The van der Waals surface area contributed by atoms with Crippen molar-refractivity contribution in [3.8, 4) is 0 Å². The first kappa shape index (κ1) is 24.1. The lowest BCUT2D eigenvalue weighted by molar-refractivity contribution is -0.133. The van der Waals surface area contributed by atoms with Gasteiger partial charge in [-0.2, -0.15) is 4.31 Å². The van der Waals surface area contributed by atoms with Crippen LogP contribution in [0.3, 0.4) is 0 Å². The summed E-state index contributed by atoms with van der Waals surface area (Å²) in [5.74, 6) is -1.01. The fourth-order valence-electron chi connectivity index (χ4n) is 4.80. The van der Waals surface area contributed by atoms with E-state index in [1.54, 1.807) is 4.90 Å². The van der Waals surface area contributed by atoms with Crippen molar-refractivity contribution in [3.63, 3.8) is 0 Å². The summed E-state index contributed by atoms with van der Waals surface area (Å²) >= 11 is 0. The summed E-state index contributed by atoms with van der Waals surface area (Å²) in [6.07, 6.45) is 5.76. The fraction of sp³-hybridized carbons (Fsp3) is 0.652. The highest BCUT2D eigenvalue weighted by Gasteiger charge is 2.31. The molecule has 1 aromatic rings. The number of halogens is 1. The molecule has 10 heteroatoms. The number of rotatable bonds is 5. The van der Waals surface area contributed by atoms with E-state index >= 15 is 0 Å². The summed E-state index contributed by atoms with van der Waals surface area (Å²) in [5.41, 5.74) is 0.171. The molecular formula is C23H33FN4O4S. The quantitative estimate of drug-likeness (QED) is 0.642. The molecule has 0 atom stereocenters. The van der Waals surface area contributed by atoms with Crippen molar-refractivity contribution in [1.29, 1.82) is 0 Å². The Kier molecular flexibility index (Phi) is 7.65. The first-order valence-electron chi connectivity index (χ1n) is 12.0. The van der Waals surface area contributed by atoms with Crippen LogP contribution < -0.4 is 0 Å². The lowest BCUT2D eigenvalue weighted by atomic mass is 10.1. The normalized spacial score (nSPS) is 21.2. The van der Waals surface area contributed by atoms with Gasteiger partial charge >= 0.3 is 0 Å². The Balaban J connectivity index is 1.38. The Labute approximate surface area is 195 Å². The molecule has 0 saturated carbocycles. The number of piperazine rings is 1. The Hall–Kier alpha value is -2.04. The highest BCUT2D eigenvalue weighted by molar-refractivity contribution is 7.89. The predicted octanol–water partition coefficient (Wildman–Crippen LogP) is 1.77. The van der Waals surface area contributed by atoms with E-state index in [9.17, 15) is 22.4 Å². The molecule has 0 radical (unpaired) electrons. The summed E-state index contributed by atoms with van der Waals surface area (Å²) in [7, 11) is -3.98. The molecule has 0 N–H and O–H groups in total. The van der Waals surface area contributed by atoms with Crippen LogP contribution in [0.2, 0.25) is 0 Å². The average Bonchev–Trinajstić information content (AvgIpc) is 2.85. The zero-order chi connectivity index (χ0) is 23.4. The standard InChI is InChI=1S/C23H33FN4O4S/c24-20-8-7-19(17-21(20)33(31,32)28-11-5-2-6-12-28)23(30)27-15-13-25(14-16-27)18-22(29)26-9-3-1-4-10-26/h7-8,17H,1-6,9-16,18H2. The van der Waals surface area contributed by atoms with Crippen molar-refractivity contribution >= 4 is 21.8 Å². The minimum Gasteiger partial charge on any atom is -0.342 e. The molecule has 0 aliphatic carbocycles. The molecule has 33 heavy (non-hydrogen) atoms. The van der Waals surface area contributed by atoms with E-state index in [1.165, 1.54) is 22.9 Å². The maximum Gasteiger partial charge on any atom is 0.253 e. The Morgan fingerprint density at radius 3 is 2.03 bits per heavy atom. The van der Waals surface area contributed by atoms with Crippen LogP contribution in [-0.2, 0) is 14.8 Å². The van der Waals surface area contributed by atoms with E-state index in [-0.39, 0.29) is 17.4 Å². The summed E-state index contributed by atoms with van der Waals surface area (Å²) in [6, 6.07) is 3.59. The molecule has 0 aromatic heterocycles. The summed E-state index contributed by atoms with van der Waals surface area (Å²) < 4.78 is 41.7. The van der Waals surface area contributed by atoms with Crippen LogP contribution in [0, 0.1) is 5.82 Å². The molecule has 3 saturated heterocycles. The van der Waals surface area contributed by atoms with E-state index in [0.717, 1.165) is 51.3 Å². The summed E-state index contributed by atoms with van der Waals surface area (Å²) in [6.45, 7) is 4.79. The zero-order valence-corrected chi connectivity index (χ0v) is 19.9. The third-order valence-electron chi connectivity index (χ3n) is 6.84. The Bertz CT molecular complexity index is 967. The summed E-state index contributed by atoms with van der Waals surface area (Å²) in [5, 5.41) is 0. The minimum absolute atomic E-state index is 0.139. The number of nitrogens with zero attached hydrogens (tertiary/aromatic N) is 4. The highest BCUT2D eigenvalue weighted by atomic mass is 32.2. The molecule has 3 aliphatic heterocycles. The van der Waals surface area contributed by atoms with Crippen LogP contribution in [-0.4, -0.2) is 98.1 Å². The van der Waals surface area contributed by atoms with E-state index in [4.69, 9.17) is 0 Å². The SMILES string of the molecule is O=C(CN1CCN(C(=O)c2ccc(F)c(S(=O)(=O)N3CCCCC3)c2)CC1)N1CCCCC1. The van der Waals surface area contributed by atoms with Crippen LogP contribution in [0.1, 0.15) is 48.9 Å². The molecular weight excluding hydrogens is 447 g/mol. The summed E-state index contributed by atoms with van der Waals surface area (Å²) in [4.78, 5) is 30.7. The largest absolute Gasteiger partial charge is 0.342 e. The second-order valence-corrected chi connectivity index (χ2v) is 11.0. The molecule has 1 aromatic carbocycles. The second kappa shape index (κ2) is 10.5. The maximum atomic E-state index is 14.5. The third-order valence-corrected chi connectivity index (χ3v) is 8.75. The number of benzene rings is 1. The zero-order valence-electron chi connectivity index (χ0n) is 19.0. The molecule has 182 valence electrons. The number of hydrogen-bond acceptors (Lipinski definition) is 5. The number of piperidine rings is 2. The van der Waals surface area contributed by atoms with Crippen LogP contribution in [0.15, 0.2) is 23.1 Å². The maximum absolute atomic E-state index is 14.5. The number of sulfonamides is 1. The van der Waals surface area contributed by atoms with Gasteiger partial charge in [-0.05, 0) is 50.3 Å². The number of amides is 2. The number of hydrogen-bond donors (Lipinski definition) is 0. The first-order valence-corrected chi connectivity index (χ1v) is 13.4. The smallest absolute Gasteiger partial charge is 0.253 e. The van der Waals surface area contributed by atoms with Gasteiger partial charge in [0.15, 0.2) is 0 Å². The third kappa shape index (κ3) is 5.55. The second-order valence-electron chi connectivity index (χ2n) is 9.12. The van der Waals surface area contributed by atoms with Gasteiger partial charge < -0.3 is 9.80 Å². The van der Waals surface area contributed by atoms with Gasteiger partial charge in [0.2, 0.25) is 15.9 Å². The van der Waals surface area contributed by atoms with Gasteiger partial charge in [-0.15, -0.1) is 0 Å². The van der Waals surface area contributed by atoms with E-state index in [1.807, 2.05) is 4.90 Å². The van der Waals surface area contributed by atoms with Crippen molar-refractivity contribution in [3.05, 3.63) is 29.6 Å². The van der Waals surface area contributed by atoms with E-state index in [2.05, 4.69) is 4.90 Å². The van der Waals surface area contributed by atoms with Crippen LogP contribution in [0.4, 0.5) is 4.39 Å². The molecule has 0 unspecified atom stereocenters. The molecule has 0 spiro atoms. The Morgan fingerprint density at radius 2 is 1.39 bits per heavy atom. The van der Waals surface area contributed by atoms with Gasteiger partial charge in [0.25, 0.3) is 5.91 Å². The van der Waals surface area contributed by atoms with Gasteiger partial charge in [-0.3, -0.25) is 14.5 Å². The van der Waals surface area contributed by atoms with Crippen LogP contribution in [0.5, 0.6) is 0 Å². The molecule has 3 fully saturated rings. The lowest BCUT2D eigenvalue weighted by Crippen LogP contribution is -2.52. The Morgan fingerprint density at radius 1 is 0.788 bits per heavy atom. The van der Waals surface area contributed by atoms with E-state index in [0.29, 0.717) is 45.8 Å². The van der Waals surface area contributed by atoms with Crippen molar-refractivity contribution in [1.82, 2.24) is 19.0 Å². The molecule has 0 bridgehead atoms. The lowest BCUT2D eigenvalue weighted by Gasteiger charge is -2.36. The van der Waals surface area contributed by atoms with Crippen LogP contribution >= 0.6 is 0 Å². The highest BCUT2D eigenvalue weighted by Crippen LogP contribution is 2.24. The average molecular weight is 481 g/mol. The van der Waals surface area contributed by atoms with Gasteiger partial charge in [0.1, 0.15) is 10.7 Å². The monoisotopic (exact) mass is 480 g/mol. The van der Waals surface area contributed by atoms with Crippen molar-refractivity contribution < 1.29 is 22.4 Å². The van der Waals surface area contributed by atoms with Gasteiger partial charge in [0.05, 0.1) is 6.54 Å². The van der Waals surface area contributed by atoms with Crippen molar-refractivity contribution in [2.45, 2.75) is 43.4 Å². The van der Waals surface area contributed by atoms with E-state index < -0.39 is 20.7 Å². The molecule has 3 heterocycles. The topological polar surface area (TPSA) is 81.2 Å². The van der Waals surface area contributed by atoms with Gasteiger partial charge in [-0.1, -0.05) is 6.42 Å². The molecule has 4 rings (SSSR count). The number of carbonyl (C=O) groups is 2. The van der Waals surface area contributed by atoms with Gasteiger partial charge in [0, 0.05) is 57.9 Å². The van der Waals surface area contributed by atoms with Crippen molar-refractivity contribution in [2.24, 2.45) is 0 Å². The predicted molar refractivity (Wildman–Crippen MR) is 122 cm³/mol. The van der Waals surface area contributed by atoms with Crippen LogP contribution in [0.25, 0.3) is 0 Å². The number of likely N-dealkylation sites (tertiary alicyclic amines) is 1. The number of carbonyl (C=O) groups excluding carboxylic acids is 2. The molecule has 3 aliphatic rings. The first-order chi connectivity index (χ1) is 15.9. The fourth-order valence-corrected chi connectivity index (χ4v) is 6.41. The van der Waals surface area contributed by atoms with Crippen molar-refractivity contribution in [2.75, 3.05) is 58.9 Å². The van der Waals surface area contributed by atoms with Gasteiger partial charge in [-0.25, -0.2) is 12.8 Å². The minimum atomic E-state index is -3.98. The molecule has 2 amide bonds. The molecule has 8 nitrogen and oxygen atoms in total.